The first-order chi connectivity index (χ1) is 7.09. The summed E-state index contributed by atoms with van der Waals surface area (Å²) in [4.78, 5) is 0.669. The molecule has 0 fully saturated rings. The maximum Gasteiger partial charge on any atom is 0.0168 e. The third kappa shape index (κ3) is 4.83. The molecule has 0 saturated heterocycles. The molecule has 0 nitrogen and oxygen atoms in total. The van der Waals surface area contributed by atoms with Gasteiger partial charge in [0.25, 0.3) is 0 Å². The Morgan fingerprint density at radius 1 is 1.13 bits per heavy atom. The number of benzene rings is 1. The van der Waals surface area contributed by atoms with Gasteiger partial charge in [-0.25, -0.2) is 0 Å². The predicted octanol–water partition coefficient (Wildman–Crippen LogP) is 4.74. The lowest BCUT2D eigenvalue weighted by Crippen LogP contribution is -2.07. The summed E-state index contributed by atoms with van der Waals surface area (Å²) in [6.45, 7) is 6.67. The van der Waals surface area contributed by atoms with Crippen molar-refractivity contribution in [2.45, 2.75) is 44.9 Å². The Labute approximate surface area is 102 Å². The van der Waals surface area contributed by atoms with Crippen LogP contribution in [0.5, 0.6) is 0 Å². The highest BCUT2D eigenvalue weighted by atomic mass is 79.9. The van der Waals surface area contributed by atoms with Crippen molar-refractivity contribution in [3.63, 3.8) is 0 Å². The van der Waals surface area contributed by atoms with Crippen molar-refractivity contribution in [1.29, 1.82) is 0 Å². The van der Waals surface area contributed by atoms with Gasteiger partial charge in [-0.1, -0.05) is 59.6 Å². The minimum Gasteiger partial charge on any atom is -0.0888 e. The second-order valence-electron chi connectivity index (χ2n) is 4.64. The summed E-state index contributed by atoms with van der Waals surface area (Å²) in [7, 11) is 0. The van der Waals surface area contributed by atoms with Crippen LogP contribution in [0, 0.1) is 12.8 Å². The zero-order valence-corrected chi connectivity index (χ0v) is 11.5. The smallest absolute Gasteiger partial charge is 0.0168 e. The minimum absolute atomic E-state index is 0.669. The third-order valence-electron chi connectivity index (χ3n) is 2.79. The van der Waals surface area contributed by atoms with E-state index < -0.39 is 0 Å². The van der Waals surface area contributed by atoms with E-state index in [1.807, 2.05) is 0 Å². The molecule has 15 heavy (non-hydrogen) atoms. The standard InChI is InChI=1S/C14H21Br/c1-11(2)14(15)6-4-5-13-9-7-12(3)8-10-13/h7-11,14H,4-6H2,1-3H3. The van der Waals surface area contributed by atoms with Crippen molar-refractivity contribution in [1.82, 2.24) is 0 Å². The Balaban J connectivity index is 2.29. The van der Waals surface area contributed by atoms with E-state index in [4.69, 9.17) is 0 Å². The number of hydrogen-bond acceptors (Lipinski definition) is 0. The quantitative estimate of drug-likeness (QED) is 0.677. The van der Waals surface area contributed by atoms with E-state index in [-0.39, 0.29) is 0 Å². The summed E-state index contributed by atoms with van der Waals surface area (Å²) in [5.41, 5.74) is 2.81. The molecule has 0 radical (unpaired) electrons. The average Bonchev–Trinajstić information content (AvgIpc) is 2.20. The molecule has 0 aromatic heterocycles. The van der Waals surface area contributed by atoms with Gasteiger partial charge in [0.15, 0.2) is 0 Å². The number of alkyl halides is 1. The van der Waals surface area contributed by atoms with Crippen molar-refractivity contribution in [2.24, 2.45) is 5.92 Å². The lowest BCUT2D eigenvalue weighted by Gasteiger charge is -2.13. The van der Waals surface area contributed by atoms with Crippen LogP contribution in [0.2, 0.25) is 0 Å². The molecular weight excluding hydrogens is 248 g/mol. The van der Waals surface area contributed by atoms with Gasteiger partial charge in [-0.3, -0.25) is 0 Å². The molecule has 1 rings (SSSR count). The number of halogens is 1. The SMILES string of the molecule is Cc1ccc(CCCC(Br)C(C)C)cc1. The Morgan fingerprint density at radius 3 is 2.27 bits per heavy atom. The zero-order valence-electron chi connectivity index (χ0n) is 9.96. The van der Waals surface area contributed by atoms with E-state index >= 15 is 0 Å². The van der Waals surface area contributed by atoms with E-state index in [1.54, 1.807) is 0 Å². The molecular formula is C14H21Br. The van der Waals surface area contributed by atoms with Gasteiger partial charge in [0.2, 0.25) is 0 Å². The highest BCUT2D eigenvalue weighted by Crippen LogP contribution is 2.19. The van der Waals surface area contributed by atoms with Crippen LogP contribution < -0.4 is 0 Å². The molecule has 1 heteroatoms. The van der Waals surface area contributed by atoms with Crippen molar-refractivity contribution < 1.29 is 0 Å². The van der Waals surface area contributed by atoms with Crippen molar-refractivity contribution in [2.75, 3.05) is 0 Å². The predicted molar refractivity (Wildman–Crippen MR) is 71.7 cm³/mol. The molecule has 0 aliphatic heterocycles. The summed E-state index contributed by atoms with van der Waals surface area (Å²) >= 11 is 3.73. The fraction of sp³-hybridized carbons (Fsp3) is 0.571. The van der Waals surface area contributed by atoms with Crippen LogP contribution in [-0.4, -0.2) is 4.83 Å². The molecule has 0 aliphatic carbocycles. The minimum atomic E-state index is 0.669. The van der Waals surface area contributed by atoms with E-state index in [0.29, 0.717) is 4.83 Å². The zero-order chi connectivity index (χ0) is 11.3. The molecule has 0 bridgehead atoms. The number of hydrogen-bond donors (Lipinski definition) is 0. The summed E-state index contributed by atoms with van der Waals surface area (Å²) in [5.74, 6) is 0.739. The van der Waals surface area contributed by atoms with Crippen molar-refractivity contribution >= 4 is 15.9 Å². The van der Waals surface area contributed by atoms with E-state index in [2.05, 4.69) is 61.0 Å². The topological polar surface area (TPSA) is 0 Å². The van der Waals surface area contributed by atoms with Crippen LogP contribution in [0.15, 0.2) is 24.3 Å². The summed E-state index contributed by atoms with van der Waals surface area (Å²) < 4.78 is 0. The molecule has 0 N–H and O–H groups in total. The lowest BCUT2D eigenvalue weighted by molar-refractivity contribution is 0.562. The Morgan fingerprint density at radius 2 is 1.73 bits per heavy atom. The molecule has 0 amide bonds. The Hall–Kier alpha value is -0.300. The highest BCUT2D eigenvalue weighted by molar-refractivity contribution is 9.09. The Kier molecular flexibility index (Phi) is 5.38. The van der Waals surface area contributed by atoms with E-state index in [9.17, 15) is 0 Å². The lowest BCUT2D eigenvalue weighted by atomic mass is 10.0. The van der Waals surface area contributed by atoms with Gasteiger partial charge in [0.05, 0.1) is 0 Å². The van der Waals surface area contributed by atoms with Crippen LogP contribution in [0.3, 0.4) is 0 Å². The van der Waals surface area contributed by atoms with Crippen LogP contribution in [-0.2, 0) is 6.42 Å². The van der Waals surface area contributed by atoms with E-state index in [0.717, 1.165) is 5.92 Å². The van der Waals surface area contributed by atoms with Gasteiger partial charge < -0.3 is 0 Å². The second-order valence-corrected chi connectivity index (χ2v) is 5.81. The first kappa shape index (κ1) is 12.8. The van der Waals surface area contributed by atoms with Gasteiger partial charge in [-0.15, -0.1) is 0 Å². The van der Waals surface area contributed by atoms with Crippen LogP contribution in [0.4, 0.5) is 0 Å². The highest BCUT2D eigenvalue weighted by Gasteiger charge is 2.07. The Bertz CT molecular complexity index is 274. The van der Waals surface area contributed by atoms with Gasteiger partial charge in [0, 0.05) is 4.83 Å². The maximum atomic E-state index is 3.73. The van der Waals surface area contributed by atoms with Crippen LogP contribution >= 0.6 is 15.9 Å². The number of rotatable bonds is 5. The van der Waals surface area contributed by atoms with Crippen molar-refractivity contribution in [3.8, 4) is 0 Å². The first-order valence-corrected chi connectivity index (χ1v) is 6.71. The molecule has 1 aromatic rings. The normalized spacial score (nSPS) is 13.1. The summed E-state index contributed by atoms with van der Waals surface area (Å²) in [5, 5.41) is 0. The molecule has 0 saturated carbocycles. The monoisotopic (exact) mass is 268 g/mol. The molecule has 1 atom stereocenters. The van der Waals surface area contributed by atoms with Gasteiger partial charge in [-0.2, -0.15) is 0 Å². The van der Waals surface area contributed by atoms with E-state index in [1.165, 1.54) is 30.4 Å². The van der Waals surface area contributed by atoms with Gasteiger partial charge >= 0.3 is 0 Å². The van der Waals surface area contributed by atoms with Gasteiger partial charge in [-0.05, 0) is 37.7 Å². The molecule has 1 unspecified atom stereocenters. The molecule has 1 aromatic carbocycles. The largest absolute Gasteiger partial charge is 0.0888 e. The summed E-state index contributed by atoms with van der Waals surface area (Å²) in [6.07, 6.45) is 3.75. The van der Waals surface area contributed by atoms with Crippen molar-refractivity contribution in [3.05, 3.63) is 35.4 Å². The molecule has 0 heterocycles. The fourth-order valence-corrected chi connectivity index (χ4v) is 1.91. The van der Waals surface area contributed by atoms with Gasteiger partial charge in [0.1, 0.15) is 0 Å². The average molecular weight is 269 g/mol. The second kappa shape index (κ2) is 6.32. The molecule has 0 spiro atoms. The van der Waals surface area contributed by atoms with Crippen LogP contribution in [0.1, 0.15) is 37.8 Å². The number of aryl methyl sites for hydroxylation is 2. The summed E-state index contributed by atoms with van der Waals surface area (Å²) in [6, 6.07) is 8.88. The fourth-order valence-electron chi connectivity index (χ4n) is 1.59. The molecule has 84 valence electrons. The van der Waals surface area contributed by atoms with Crippen LogP contribution in [0.25, 0.3) is 0 Å². The third-order valence-corrected chi connectivity index (χ3v) is 4.30. The maximum absolute atomic E-state index is 3.73. The first-order valence-electron chi connectivity index (χ1n) is 5.79. The molecule has 0 aliphatic rings.